The van der Waals surface area contributed by atoms with Crippen LogP contribution in [0.5, 0.6) is 0 Å². The Bertz CT molecular complexity index is 745. The van der Waals surface area contributed by atoms with Crippen molar-refractivity contribution in [2.75, 3.05) is 5.06 Å². The Morgan fingerprint density at radius 2 is 1.42 bits per heavy atom. The number of hydrogen-bond acceptors (Lipinski definition) is 2. The topological polar surface area (TPSA) is 12.5 Å². The number of hydrogen-bond donors (Lipinski definition) is 0. The van der Waals surface area contributed by atoms with Crippen molar-refractivity contribution < 1.29 is 4.53 Å². The third-order valence-corrected chi connectivity index (χ3v) is 9.67. The molecule has 2 nitrogen and oxygen atoms in total. The van der Waals surface area contributed by atoms with Crippen LogP contribution in [0.4, 0.5) is 5.69 Å². The molecule has 2 aromatic carbocycles. The highest BCUT2D eigenvalue weighted by atomic mass is 79.9. The van der Waals surface area contributed by atoms with Crippen LogP contribution in [0.25, 0.3) is 11.1 Å². The molecule has 0 radical (unpaired) electrons. The van der Waals surface area contributed by atoms with E-state index >= 15 is 0 Å². The second-order valence-electron chi connectivity index (χ2n) is 9.38. The van der Waals surface area contributed by atoms with Crippen LogP contribution < -0.4 is 5.06 Å². The zero-order valence-corrected chi connectivity index (χ0v) is 19.9. The number of rotatable bonds is 4. The first-order valence-corrected chi connectivity index (χ1v) is 12.9. The van der Waals surface area contributed by atoms with Crippen molar-refractivity contribution in [2.45, 2.75) is 65.2 Å². The molecule has 2 rings (SSSR count). The summed E-state index contributed by atoms with van der Waals surface area (Å²) < 4.78 is 7.81. The average Bonchev–Trinajstić information content (AvgIpc) is 2.51. The molecule has 0 aromatic heterocycles. The molecule has 2 aromatic rings. The van der Waals surface area contributed by atoms with Crippen molar-refractivity contribution in [3.63, 3.8) is 0 Å². The Balaban J connectivity index is 2.51. The van der Waals surface area contributed by atoms with Gasteiger partial charge in [0.2, 0.25) is 8.32 Å². The summed E-state index contributed by atoms with van der Waals surface area (Å²) in [5.74, 6) is 0. The molecule has 0 heterocycles. The number of benzene rings is 2. The van der Waals surface area contributed by atoms with E-state index in [0.29, 0.717) is 0 Å². The normalized spacial score (nSPS) is 13.0. The van der Waals surface area contributed by atoms with Crippen LogP contribution in [0.2, 0.25) is 18.1 Å². The van der Waals surface area contributed by atoms with E-state index in [2.05, 4.69) is 118 Å². The molecule has 0 atom stereocenters. The summed E-state index contributed by atoms with van der Waals surface area (Å²) >= 11 is 3.69. The molecule has 0 amide bonds. The molecule has 0 spiro atoms. The van der Waals surface area contributed by atoms with Gasteiger partial charge in [0.25, 0.3) is 0 Å². The van der Waals surface area contributed by atoms with Gasteiger partial charge < -0.3 is 4.53 Å². The van der Waals surface area contributed by atoms with E-state index in [9.17, 15) is 0 Å². The van der Waals surface area contributed by atoms with Crippen molar-refractivity contribution in [1.82, 2.24) is 0 Å². The summed E-state index contributed by atoms with van der Waals surface area (Å²) in [5.41, 5.74) is 3.32. The van der Waals surface area contributed by atoms with Crippen LogP contribution in [-0.2, 0) is 4.53 Å². The zero-order chi connectivity index (χ0) is 19.8. The number of anilines is 1. The molecular weight excluding hydrogens is 402 g/mol. The lowest BCUT2D eigenvalue weighted by molar-refractivity contribution is 0.185. The van der Waals surface area contributed by atoms with E-state index in [1.165, 1.54) is 11.1 Å². The highest BCUT2D eigenvalue weighted by molar-refractivity contribution is 9.10. The summed E-state index contributed by atoms with van der Waals surface area (Å²) in [6.07, 6.45) is 0. The van der Waals surface area contributed by atoms with Crippen LogP contribution in [0, 0.1) is 0 Å². The fraction of sp³-hybridized carbons (Fsp3) is 0.455. The second-order valence-corrected chi connectivity index (χ2v) is 15.0. The largest absolute Gasteiger partial charge is 0.319 e. The molecule has 0 aliphatic rings. The lowest BCUT2D eigenvalue weighted by Crippen LogP contribution is -2.52. The number of halogens is 1. The van der Waals surface area contributed by atoms with Gasteiger partial charge in [0, 0.05) is 4.47 Å². The van der Waals surface area contributed by atoms with Crippen LogP contribution in [0.1, 0.15) is 41.5 Å². The molecule has 0 saturated carbocycles. The molecule has 142 valence electrons. The molecular formula is C22H32BrNOSi. The summed E-state index contributed by atoms with van der Waals surface area (Å²) in [4.78, 5) is 0. The van der Waals surface area contributed by atoms with Gasteiger partial charge in [-0.15, -0.1) is 0 Å². The maximum Gasteiger partial charge on any atom is 0.228 e. The van der Waals surface area contributed by atoms with Crippen LogP contribution >= 0.6 is 15.9 Å². The van der Waals surface area contributed by atoms with Crippen molar-refractivity contribution in [1.29, 1.82) is 0 Å². The van der Waals surface area contributed by atoms with Crippen molar-refractivity contribution in [3.05, 3.63) is 53.0 Å². The standard InChI is InChI=1S/C22H32BrNOSi/c1-21(2,3)24(25-26(7,8)22(4,5)6)20-15-18(14-19(23)16-20)17-12-10-9-11-13-17/h9-16H,1-8H3. The fourth-order valence-corrected chi connectivity index (χ4v) is 4.02. The first kappa shape index (κ1) is 21.2. The quantitative estimate of drug-likeness (QED) is 0.362. The SMILES string of the molecule is CC(C)(C)N(O[Si](C)(C)C(C)(C)C)c1cc(Br)cc(-c2ccccc2)c1. The van der Waals surface area contributed by atoms with Gasteiger partial charge in [-0.2, -0.15) is 0 Å². The lowest BCUT2D eigenvalue weighted by Gasteiger charge is -2.46. The maximum absolute atomic E-state index is 6.75. The first-order valence-electron chi connectivity index (χ1n) is 9.17. The van der Waals surface area contributed by atoms with Crippen molar-refractivity contribution in [2.24, 2.45) is 0 Å². The minimum absolute atomic E-state index is 0.144. The van der Waals surface area contributed by atoms with Crippen LogP contribution in [0.3, 0.4) is 0 Å². The smallest absolute Gasteiger partial charge is 0.228 e. The highest BCUT2D eigenvalue weighted by Crippen LogP contribution is 2.40. The Morgan fingerprint density at radius 1 is 0.846 bits per heavy atom. The van der Waals surface area contributed by atoms with Crippen LogP contribution in [-0.4, -0.2) is 13.9 Å². The molecule has 26 heavy (non-hydrogen) atoms. The summed E-state index contributed by atoms with van der Waals surface area (Å²) in [7, 11) is -1.96. The second kappa shape index (κ2) is 7.49. The molecule has 0 aliphatic heterocycles. The summed E-state index contributed by atoms with van der Waals surface area (Å²) in [5, 5.41) is 2.26. The van der Waals surface area contributed by atoms with Gasteiger partial charge in [-0.05, 0) is 68.2 Å². The van der Waals surface area contributed by atoms with Gasteiger partial charge >= 0.3 is 0 Å². The van der Waals surface area contributed by atoms with Gasteiger partial charge in [-0.25, -0.2) is 0 Å². The molecule has 0 unspecified atom stereocenters. The predicted octanol–water partition coefficient (Wildman–Crippen LogP) is 7.66. The molecule has 0 aliphatic carbocycles. The van der Waals surface area contributed by atoms with E-state index in [1.54, 1.807) is 0 Å². The van der Waals surface area contributed by atoms with Gasteiger partial charge in [0.1, 0.15) is 0 Å². The van der Waals surface area contributed by atoms with Gasteiger partial charge in [0.15, 0.2) is 0 Å². The first-order chi connectivity index (χ1) is 11.8. The van der Waals surface area contributed by atoms with E-state index in [-0.39, 0.29) is 10.6 Å². The fourth-order valence-electron chi connectivity index (χ4n) is 2.43. The molecule has 4 heteroatoms. The summed E-state index contributed by atoms with van der Waals surface area (Å²) in [6, 6.07) is 17.0. The maximum atomic E-state index is 6.75. The molecule has 0 saturated heterocycles. The van der Waals surface area contributed by atoms with Gasteiger partial charge in [-0.1, -0.05) is 67.0 Å². The lowest BCUT2D eigenvalue weighted by atomic mass is 10.0. The van der Waals surface area contributed by atoms with Crippen molar-refractivity contribution >= 4 is 29.9 Å². The zero-order valence-electron chi connectivity index (χ0n) is 17.4. The monoisotopic (exact) mass is 433 g/mol. The third-order valence-electron chi connectivity index (χ3n) is 4.96. The minimum atomic E-state index is -1.96. The highest BCUT2D eigenvalue weighted by Gasteiger charge is 2.42. The molecule has 0 bridgehead atoms. The Labute approximate surface area is 168 Å². The number of nitrogens with zero attached hydrogens (tertiary/aromatic N) is 1. The van der Waals surface area contributed by atoms with E-state index in [1.807, 2.05) is 6.07 Å². The Kier molecular flexibility index (Phi) is 6.11. The van der Waals surface area contributed by atoms with Gasteiger partial charge in [0.05, 0.1) is 11.2 Å². The average molecular weight is 434 g/mol. The molecule has 0 fully saturated rings. The Morgan fingerprint density at radius 3 is 1.92 bits per heavy atom. The third kappa shape index (κ3) is 4.99. The van der Waals surface area contributed by atoms with E-state index in [0.717, 1.165) is 10.2 Å². The predicted molar refractivity (Wildman–Crippen MR) is 120 cm³/mol. The van der Waals surface area contributed by atoms with E-state index in [4.69, 9.17) is 4.53 Å². The van der Waals surface area contributed by atoms with E-state index < -0.39 is 8.32 Å². The molecule has 0 N–H and O–H groups in total. The minimum Gasteiger partial charge on any atom is -0.319 e. The number of hydroxylamine groups is 1. The van der Waals surface area contributed by atoms with Crippen LogP contribution in [0.15, 0.2) is 53.0 Å². The van der Waals surface area contributed by atoms with Gasteiger partial charge in [-0.3, -0.25) is 5.06 Å². The van der Waals surface area contributed by atoms with Crippen molar-refractivity contribution in [3.8, 4) is 11.1 Å². The summed E-state index contributed by atoms with van der Waals surface area (Å²) in [6.45, 7) is 18.0. The Hall–Kier alpha value is -1.10.